The lowest BCUT2D eigenvalue weighted by Crippen LogP contribution is -2.36. The fraction of sp³-hybridized carbons (Fsp3) is 0.389. The zero-order valence-electron chi connectivity index (χ0n) is 15.6. The molecule has 8 heteroatoms. The van der Waals surface area contributed by atoms with Crippen LogP contribution in [0.3, 0.4) is 0 Å². The Labute approximate surface area is 158 Å². The summed E-state index contributed by atoms with van der Waals surface area (Å²) < 4.78 is 0. The molecule has 2 rings (SSSR count). The summed E-state index contributed by atoms with van der Waals surface area (Å²) in [6, 6.07) is 7.60. The SMILES string of the molecule is CN=C(NCc1ccc(NC(=O)NC(C)C)cc1)NCc1ncc(C)s1. The second kappa shape index (κ2) is 9.76. The Morgan fingerprint density at radius 2 is 1.88 bits per heavy atom. The monoisotopic (exact) mass is 374 g/mol. The molecule has 0 aliphatic heterocycles. The Morgan fingerprint density at radius 1 is 1.19 bits per heavy atom. The molecule has 0 unspecified atom stereocenters. The summed E-state index contributed by atoms with van der Waals surface area (Å²) >= 11 is 1.67. The summed E-state index contributed by atoms with van der Waals surface area (Å²) in [4.78, 5) is 21.4. The molecule has 2 aromatic rings. The fourth-order valence-electron chi connectivity index (χ4n) is 2.18. The first-order chi connectivity index (χ1) is 12.5. The quantitative estimate of drug-likeness (QED) is 0.462. The van der Waals surface area contributed by atoms with Crippen molar-refractivity contribution in [2.75, 3.05) is 12.4 Å². The lowest BCUT2D eigenvalue weighted by molar-refractivity contribution is 0.250. The van der Waals surface area contributed by atoms with E-state index in [0.29, 0.717) is 13.1 Å². The van der Waals surface area contributed by atoms with Crippen molar-refractivity contribution in [3.63, 3.8) is 0 Å². The van der Waals surface area contributed by atoms with Crippen LogP contribution in [0.5, 0.6) is 0 Å². The first kappa shape index (κ1) is 19.7. The molecule has 0 saturated carbocycles. The summed E-state index contributed by atoms with van der Waals surface area (Å²) in [5.74, 6) is 0.719. The van der Waals surface area contributed by atoms with Crippen LogP contribution in [0.1, 0.15) is 29.3 Å². The first-order valence-electron chi connectivity index (χ1n) is 8.48. The number of carbonyl (C=O) groups excluding carboxylic acids is 1. The number of carbonyl (C=O) groups is 1. The average Bonchev–Trinajstić information content (AvgIpc) is 3.01. The number of guanidine groups is 1. The van der Waals surface area contributed by atoms with E-state index in [1.807, 2.05) is 51.2 Å². The van der Waals surface area contributed by atoms with Crippen LogP contribution in [0, 0.1) is 6.92 Å². The van der Waals surface area contributed by atoms with Crippen molar-refractivity contribution in [3.05, 3.63) is 45.9 Å². The van der Waals surface area contributed by atoms with Crippen LogP contribution in [0.4, 0.5) is 10.5 Å². The molecule has 0 fully saturated rings. The van der Waals surface area contributed by atoms with Crippen molar-refractivity contribution in [3.8, 4) is 0 Å². The number of urea groups is 1. The number of aromatic nitrogens is 1. The van der Waals surface area contributed by atoms with E-state index in [0.717, 1.165) is 22.2 Å². The number of hydrogen-bond acceptors (Lipinski definition) is 4. The van der Waals surface area contributed by atoms with Crippen LogP contribution in [0.25, 0.3) is 0 Å². The van der Waals surface area contributed by atoms with E-state index < -0.39 is 0 Å². The van der Waals surface area contributed by atoms with E-state index in [4.69, 9.17) is 0 Å². The van der Waals surface area contributed by atoms with Crippen molar-refractivity contribution in [1.29, 1.82) is 0 Å². The van der Waals surface area contributed by atoms with Crippen LogP contribution in [-0.2, 0) is 13.1 Å². The van der Waals surface area contributed by atoms with Gasteiger partial charge in [0.1, 0.15) is 5.01 Å². The summed E-state index contributed by atoms with van der Waals surface area (Å²) in [5.41, 5.74) is 1.85. The predicted molar refractivity (Wildman–Crippen MR) is 108 cm³/mol. The Morgan fingerprint density at radius 3 is 2.46 bits per heavy atom. The number of aliphatic imine (C=N–C) groups is 1. The second-order valence-electron chi connectivity index (χ2n) is 6.09. The van der Waals surface area contributed by atoms with Crippen LogP contribution in [0.2, 0.25) is 0 Å². The highest BCUT2D eigenvalue weighted by Gasteiger charge is 2.04. The predicted octanol–water partition coefficient (Wildman–Crippen LogP) is 2.85. The maximum atomic E-state index is 11.7. The molecule has 0 aliphatic rings. The van der Waals surface area contributed by atoms with Crippen molar-refractivity contribution in [2.24, 2.45) is 4.99 Å². The normalized spacial score (nSPS) is 11.3. The topological polar surface area (TPSA) is 90.4 Å². The van der Waals surface area contributed by atoms with E-state index in [1.54, 1.807) is 18.4 Å². The summed E-state index contributed by atoms with van der Waals surface area (Å²) in [6.07, 6.45) is 1.87. The lowest BCUT2D eigenvalue weighted by Gasteiger charge is -2.12. The van der Waals surface area contributed by atoms with E-state index in [2.05, 4.69) is 31.2 Å². The number of amides is 2. The Bertz CT molecular complexity index is 738. The molecular weight excluding hydrogens is 348 g/mol. The van der Waals surface area contributed by atoms with Gasteiger partial charge in [-0.2, -0.15) is 0 Å². The van der Waals surface area contributed by atoms with Gasteiger partial charge >= 0.3 is 6.03 Å². The molecule has 7 nitrogen and oxygen atoms in total. The van der Waals surface area contributed by atoms with E-state index in [-0.39, 0.29) is 12.1 Å². The van der Waals surface area contributed by atoms with Crippen LogP contribution >= 0.6 is 11.3 Å². The van der Waals surface area contributed by atoms with Gasteiger partial charge in [0.2, 0.25) is 0 Å². The Kier molecular flexibility index (Phi) is 7.40. The van der Waals surface area contributed by atoms with E-state index in [1.165, 1.54) is 4.88 Å². The molecule has 4 N–H and O–H groups in total. The van der Waals surface area contributed by atoms with Gasteiger partial charge in [-0.05, 0) is 38.5 Å². The highest BCUT2D eigenvalue weighted by molar-refractivity contribution is 7.11. The maximum Gasteiger partial charge on any atom is 0.319 e. The third-order valence-corrected chi connectivity index (χ3v) is 4.30. The number of nitrogens with one attached hydrogen (secondary N) is 4. The second-order valence-corrected chi connectivity index (χ2v) is 7.41. The molecule has 140 valence electrons. The smallest absolute Gasteiger partial charge is 0.319 e. The van der Waals surface area contributed by atoms with Crippen LogP contribution in [0.15, 0.2) is 35.5 Å². The molecule has 1 aromatic carbocycles. The number of hydrogen-bond donors (Lipinski definition) is 4. The van der Waals surface area contributed by atoms with Gasteiger partial charge < -0.3 is 21.3 Å². The number of nitrogens with zero attached hydrogens (tertiary/aromatic N) is 2. The standard InChI is InChI=1S/C18H26N6OS/c1-12(2)23-18(25)24-15-7-5-14(6-8-15)10-21-17(19-4)22-11-16-20-9-13(3)26-16/h5-9,12H,10-11H2,1-4H3,(H2,19,21,22)(H2,23,24,25). The lowest BCUT2D eigenvalue weighted by atomic mass is 10.2. The van der Waals surface area contributed by atoms with Gasteiger partial charge in [0.05, 0.1) is 6.54 Å². The highest BCUT2D eigenvalue weighted by atomic mass is 32.1. The van der Waals surface area contributed by atoms with Gasteiger partial charge in [-0.15, -0.1) is 11.3 Å². The zero-order chi connectivity index (χ0) is 18.9. The van der Waals surface area contributed by atoms with E-state index in [9.17, 15) is 4.79 Å². The van der Waals surface area contributed by atoms with Gasteiger partial charge in [-0.3, -0.25) is 4.99 Å². The molecule has 0 atom stereocenters. The van der Waals surface area contributed by atoms with Gasteiger partial charge in [-0.1, -0.05) is 12.1 Å². The summed E-state index contributed by atoms with van der Waals surface area (Å²) in [5, 5.41) is 13.1. The van der Waals surface area contributed by atoms with Crippen molar-refractivity contribution in [2.45, 2.75) is 39.9 Å². The molecule has 0 radical (unpaired) electrons. The average molecular weight is 375 g/mol. The fourth-order valence-corrected chi connectivity index (χ4v) is 2.91. The zero-order valence-corrected chi connectivity index (χ0v) is 16.4. The van der Waals surface area contributed by atoms with Crippen molar-refractivity contribution in [1.82, 2.24) is 20.9 Å². The summed E-state index contributed by atoms with van der Waals surface area (Å²) in [7, 11) is 1.74. The molecule has 1 heterocycles. The van der Waals surface area contributed by atoms with Gasteiger partial charge in [0.15, 0.2) is 5.96 Å². The number of anilines is 1. The highest BCUT2D eigenvalue weighted by Crippen LogP contribution is 2.11. The number of aryl methyl sites for hydroxylation is 1. The third-order valence-electron chi connectivity index (χ3n) is 3.39. The minimum atomic E-state index is -0.201. The molecule has 0 aliphatic carbocycles. The van der Waals surface area contributed by atoms with Gasteiger partial charge in [-0.25, -0.2) is 9.78 Å². The van der Waals surface area contributed by atoms with Crippen LogP contribution < -0.4 is 21.3 Å². The number of thiazole rings is 1. The molecular formula is C18H26N6OS. The molecule has 2 amide bonds. The van der Waals surface area contributed by atoms with Crippen molar-refractivity contribution >= 4 is 29.0 Å². The largest absolute Gasteiger partial charge is 0.352 e. The van der Waals surface area contributed by atoms with Crippen LogP contribution in [-0.4, -0.2) is 30.1 Å². The minimum Gasteiger partial charge on any atom is -0.352 e. The maximum absolute atomic E-state index is 11.7. The minimum absolute atomic E-state index is 0.103. The summed E-state index contributed by atoms with van der Waals surface area (Å²) in [6.45, 7) is 7.16. The van der Waals surface area contributed by atoms with Crippen molar-refractivity contribution < 1.29 is 4.79 Å². The Balaban J connectivity index is 1.79. The number of rotatable bonds is 6. The molecule has 0 spiro atoms. The molecule has 0 bridgehead atoms. The number of benzene rings is 1. The third kappa shape index (κ3) is 6.72. The first-order valence-corrected chi connectivity index (χ1v) is 9.30. The van der Waals surface area contributed by atoms with Gasteiger partial charge in [0.25, 0.3) is 0 Å². The molecule has 0 saturated heterocycles. The Hall–Kier alpha value is -2.61. The molecule has 26 heavy (non-hydrogen) atoms. The van der Waals surface area contributed by atoms with Gasteiger partial charge in [0, 0.05) is 36.4 Å². The molecule has 1 aromatic heterocycles. The van der Waals surface area contributed by atoms with E-state index >= 15 is 0 Å².